The molecule has 1 aliphatic heterocycles. The van der Waals surface area contributed by atoms with Crippen LogP contribution in [0, 0.1) is 3.57 Å². The van der Waals surface area contributed by atoms with Gasteiger partial charge < -0.3 is 10.1 Å². The van der Waals surface area contributed by atoms with E-state index in [1.807, 2.05) is 30.3 Å². The molecule has 0 spiro atoms. The van der Waals surface area contributed by atoms with Crippen molar-refractivity contribution in [3.8, 4) is 5.75 Å². The number of amides is 1. The zero-order valence-electron chi connectivity index (χ0n) is 15.6. The molecular formula is C23H16ClIN2O2S. The molecule has 0 aromatic heterocycles. The number of halogens is 2. The van der Waals surface area contributed by atoms with E-state index in [1.54, 1.807) is 24.3 Å². The van der Waals surface area contributed by atoms with Crippen LogP contribution in [0.2, 0.25) is 5.02 Å². The summed E-state index contributed by atoms with van der Waals surface area (Å²) in [5, 5.41) is 3.98. The van der Waals surface area contributed by atoms with Gasteiger partial charge in [0.2, 0.25) is 0 Å². The van der Waals surface area contributed by atoms with Gasteiger partial charge in [-0.2, -0.15) is 0 Å². The predicted molar refractivity (Wildman–Crippen MR) is 132 cm³/mol. The van der Waals surface area contributed by atoms with Gasteiger partial charge in [-0.3, -0.25) is 4.79 Å². The summed E-state index contributed by atoms with van der Waals surface area (Å²) in [6, 6.07) is 23.0. The standard InChI is InChI=1S/C23H16ClIN2O2S/c24-17-5-9-19(10-6-17)26-23-27-22(28)21(30-23)13-15-3-11-20(12-4-15)29-14-16-1-7-18(25)8-2-16/h1-13H,14H2,(H,26,27,28)/b21-13-. The van der Waals surface area contributed by atoms with Crippen molar-refractivity contribution in [2.24, 2.45) is 4.99 Å². The number of benzene rings is 3. The molecule has 150 valence electrons. The Morgan fingerprint density at radius 3 is 2.40 bits per heavy atom. The van der Waals surface area contributed by atoms with Crippen molar-refractivity contribution >= 4 is 68.8 Å². The first-order valence-electron chi connectivity index (χ1n) is 9.08. The zero-order valence-corrected chi connectivity index (χ0v) is 19.4. The number of nitrogens with zero attached hydrogens (tertiary/aromatic N) is 1. The summed E-state index contributed by atoms with van der Waals surface area (Å²) in [4.78, 5) is 17.3. The van der Waals surface area contributed by atoms with Gasteiger partial charge in [-0.15, -0.1) is 0 Å². The first-order valence-corrected chi connectivity index (χ1v) is 11.3. The van der Waals surface area contributed by atoms with Crippen molar-refractivity contribution in [3.63, 3.8) is 0 Å². The summed E-state index contributed by atoms with van der Waals surface area (Å²) in [5.74, 6) is 0.621. The number of carbonyl (C=O) groups is 1. The Balaban J connectivity index is 1.39. The minimum atomic E-state index is -0.160. The van der Waals surface area contributed by atoms with Crippen LogP contribution in [0.25, 0.3) is 6.08 Å². The Bertz CT molecular complexity index is 1110. The molecule has 0 saturated carbocycles. The number of nitrogens with one attached hydrogen (secondary N) is 1. The Kier molecular flexibility index (Phi) is 6.76. The normalized spacial score (nSPS) is 16.1. The van der Waals surface area contributed by atoms with Crippen LogP contribution in [0.4, 0.5) is 5.69 Å². The van der Waals surface area contributed by atoms with E-state index in [0.29, 0.717) is 21.7 Å². The molecule has 0 aliphatic carbocycles. The number of thioether (sulfide) groups is 1. The van der Waals surface area contributed by atoms with E-state index < -0.39 is 0 Å². The Morgan fingerprint density at radius 1 is 1.00 bits per heavy atom. The van der Waals surface area contributed by atoms with Crippen LogP contribution in [0.5, 0.6) is 5.75 Å². The summed E-state index contributed by atoms with van der Waals surface area (Å²) in [7, 11) is 0. The second-order valence-electron chi connectivity index (χ2n) is 6.44. The molecule has 0 radical (unpaired) electrons. The maximum Gasteiger partial charge on any atom is 0.264 e. The van der Waals surface area contributed by atoms with Gasteiger partial charge in [-0.25, -0.2) is 4.99 Å². The van der Waals surface area contributed by atoms with Crippen LogP contribution in [-0.4, -0.2) is 11.1 Å². The summed E-state index contributed by atoms with van der Waals surface area (Å²) < 4.78 is 7.03. The average Bonchev–Trinajstić information content (AvgIpc) is 3.09. The van der Waals surface area contributed by atoms with Gasteiger partial charge in [0.05, 0.1) is 10.6 Å². The lowest BCUT2D eigenvalue weighted by Gasteiger charge is -2.07. The molecule has 3 aromatic rings. The van der Waals surface area contributed by atoms with Gasteiger partial charge >= 0.3 is 0 Å². The SMILES string of the molecule is O=C1NC(=Nc2ccc(Cl)cc2)S/C1=C\c1ccc(OCc2ccc(I)cc2)cc1. The van der Waals surface area contributed by atoms with Gasteiger partial charge in [-0.1, -0.05) is 35.9 Å². The number of carbonyl (C=O) groups excluding carboxylic acids is 1. The summed E-state index contributed by atoms with van der Waals surface area (Å²) >= 11 is 9.48. The zero-order chi connectivity index (χ0) is 20.9. The molecule has 1 amide bonds. The van der Waals surface area contributed by atoms with E-state index >= 15 is 0 Å². The molecule has 1 fully saturated rings. The van der Waals surface area contributed by atoms with Gasteiger partial charge in [0.25, 0.3) is 5.91 Å². The number of aliphatic imine (C=N–C) groups is 1. The van der Waals surface area contributed by atoms with Crippen molar-refractivity contribution in [1.29, 1.82) is 0 Å². The second-order valence-corrected chi connectivity index (χ2v) is 9.16. The smallest absolute Gasteiger partial charge is 0.264 e. The molecule has 1 N–H and O–H groups in total. The maximum absolute atomic E-state index is 12.3. The molecular weight excluding hydrogens is 531 g/mol. The van der Waals surface area contributed by atoms with E-state index in [-0.39, 0.29) is 5.91 Å². The van der Waals surface area contributed by atoms with Crippen LogP contribution < -0.4 is 10.1 Å². The fourth-order valence-electron chi connectivity index (χ4n) is 2.67. The number of ether oxygens (including phenoxy) is 1. The van der Waals surface area contributed by atoms with E-state index in [4.69, 9.17) is 16.3 Å². The second kappa shape index (κ2) is 9.68. The molecule has 1 saturated heterocycles. The van der Waals surface area contributed by atoms with E-state index in [1.165, 1.54) is 15.3 Å². The summed E-state index contributed by atoms with van der Waals surface area (Å²) in [6.07, 6.45) is 1.84. The van der Waals surface area contributed by atoms with Crippen molar-refractivity contribution < 1.29 is 9.53 Å². The fraction of sp³-hybridized carbons (Fsp3) is 0.0435. The van der Waals surface area contributed by atoms with Crippen molar-refractivity contribution in [3.05, 3.63) is 97.4 Å². The molecule has 1 aliphatic rings. The highest BCUT2D eigenvalue weighted by molar-refractivity contribution is 14.1. The van der Waals surface area contributed by atoms with E-state index in [2.05, 4.69) is 57.2 Å². The van der Waals surface area contributed by atoms with Gasteiger partial charge in [-0.05, 0) is 100 Å². The molecule has 4 nitrogen and oxygen atoms in total. The van der Waals surface area contributed by atoms with E-state index in [0.717, 1.165) is 22.6 Å². The lowest BCUT2D eigenvalue weighted by atomic mass is 10.2. The monoisotopic (exact) mass is 546 g/mol. The quantitative estimate of drug-likeness (QED) is 0.297. The molecule has 7 heteroatoms. The topological polar surface area (TPSA) is 50.7 Å². The Morgan fingerprint density at radius 2 is 1.70 bits per heavy atom. The van der Waals surface area contributed by atoms with Crippen LogP contribution in [-0.2, 0) is 11.4 Å². The van der Waals surface area contributed by atoms with Gasteiger partial charge in [0.1, 0.15) is 12.4 Å². The third kappa shape index (κ3) is 5.65. The molecule has 0 bridgehead atoms. The Labute approximate surface area is 197 Å². The maximum atomic E-state index is 12.3. The largest absolute Gasteiger partial charge is 0.489 e. The van der Waals surface area contributed by atoms with Crippen LogP contribution in [0.15, 0.2) is 82.7 Å². The molecule has 4 rings (SSSR count). The molecule has 1 heterocycles. The van der Waals surface area contributed by atoms with Gasteiger partial charge in [0, 0.05) is 8.59 Å². The third-order valence-corrected chi connectivity index (χ3v) is 6.09. The van der Waals surface area contributed by atoms with Crippen LogP contribution >= 0.6 is 46.0 Å². The number of rotatable bonds is 5. The predicted octanol–water partition coefficient (Wildman–Crippen LogP) is 6.42. The summed E-state index contributed by atoms with van der Waals surface area (Å²) in [6.45, 7) is 0.514. The number of amidine groups is 1. The van der Waals surface area contributed by atoms with E-state index in [9.17, 15) is 4.79 Å². The molecule has 0 unspecified atom stereocenters. The highest BCUT2D eigenvalue weighted by Crippen LogP contribution is 2.29. The summed E-state index contributed by atoms with van der Waals surface area (Å²) in [5.41, 5.74) is 2.77. The minimum Gasteiger partial charge on any atom is -0.489 e. The number of hydrogen-bond donors (Lipinski definition) is 1. The van der Waals surface area contributed by atoms with Crippen molar-refractivity contribution in [2.45, 2.75) is 6.61 Å². The first-order chi connectivity index (χ1) is 14.5. The van der Waals surface area contributed by atoms with Crippen molar-refractivity contribution in [2.75, 3.05) is 0 Å². The number of hydrogen-bond acceptors (Lipinski definition) is 4. The van der Waals surface area contributed by atoms with Crippen LogP contribution in [0.3, 0.4) is 0 Å². The highest BCUT2D eigenvalue weighted by atomic mass is 127. The highest BCUT2D eigenvalue weighted by Gasteiger charge is 2.23. The average molecular weight is 547 g/mol. The lowest BCUT2D eigenvalue weighted by molar-refractivity contribution is -0.115. The molecule has 3 aromatic carbocycles. The molecule has 0 atom stereocenters. The van der Waals surface area contributed by atoms with Crippen LogP contribution in [0.1, 0.15) is 11.1 Å². The molecule has 30 heavy (non-hydrogen) atoms. The lowest BCUT2D eigenvalue weighted by Crippen LogP contribution is -2.19. The first kappa shape index (κ1) is 21.0. The Hall–Kier alpha value is -2.29. The van der Waals surface area contributed by atoms with Crippen molar-refractivity contribution in [1.82, 2.24) is 5.32 Å². The van der Waals surface area contributed by atoms with Gasteiger partial charge in [0.15, 0.2) is 5.17 Å². The minimum absolute atomic E-state index is 0.160. The fourth-order valence-corrected chi connectivity index (χ4v) is 4.00. The third-order valence-electron chi connectivity index (χ3n) is 4.20.